The Balaban J connectivity index is 1.75. The number of Topliss-reactive ketones (excluding diaryl/α,β-unsaturated/α-hetero) is 1. The first-order valence-electron chi connectivity index (χ1n) is 18.4. The van der Waals surface area contributed by atoms with Gasteiger partial charge in [-0.15, -0.1) is 11.3 Å². The van der Waals surface area contributed by atoms with Gasteiger partial charge in [0.2, 0.25) is 11.8 Å². The van der Waals surface area contributed by atoms with Crippen molar-refractivity contribution in [2.24, 2.45) is 29.5 Å². The Morgan fingerprint density at radius 2 is 1.76 bits per heavy atom. The summed E-state index contributed by atoms with van der Waals surface area (Å²) in [5.74, 6) is 3.56. The van der Waals surface area contributed by atoms with Crippen LogP contribution >= 0.6 is 11.3 Å². The average Bonchev–Trinajstić information content (AvgIpc) is 3.61. The van der Waals surface area contributed by atoms with Gasteiger partial charge in [-0.25, -0.2) is 10.8 Å². The predicted molar refractivity (Wildman–Crippen MR) is 200 cm³/mol. The maximum Gasteiger partial charge on any atom is 0.270 e. The van der Waals surface area contributed by atoms with E-state index in [1.165, 1.54) is 11.3 Å². The Labute approximate surface area is 307 Å². The zero-order chi connectivity index (χ0) is 37.8. The van der Waals surface area contributed by atoms with Crippen molar-refractivity contribution in [3.8, 4) is 5.75 Å². The van der Waals surface area contributed by atoms with Crippen LogP contribution in [0.25, 0.3) is 0 Å². The molecule has 2 aromatic rings. The van der Waals surface area contributed by atoms with E-state index in [0.717, 1.165) is 42.8 Å². The highest BCUT2D eigenvalue weighted by Gasteiger charge is 2.38. The van der Waals surface area contributed by atoms with Gasteiger partial charge in [-0.3, -0.25) is 29.5 Å². The fraction of sp³-hybridized carbons (Fsp3) is 0.658. The third kappa shape index (κ3) is 11.8. The second-order valence-corrected chi connectivity index (χ2v) is 15.7. The Kier molecular flexibility index (Phi) is 16.5. The quantitative estimate of drug-likeness (QED) is 0.0598. The van der Waals surface area contributed by atoms with Gasteiger partial charge in [0.25, 0.3) is 5.91 Å². The number of nitrogens with zero attached hydrogens (tertiary/aromatic N) is 3. The highest BCUT2D eigenvalue weighted by Crippen LogP contribution is 2.32. The Morgan fingerprint density at radius 1 is 1.08 bits per heavy atom. The highest BCUT2D eigenvalue weighted by atomic mass is 32.1. The molecule has 0 radical (unpaired) electrons. The van der Waals surface area contributed by atoms with Crippen LogP contribution in [0.4, 0.5) is 0 Å². The van der Waals surface area contributed by atoms with Crippen molar-refractivity contribution in [3.05, 3.63) is 45.9 Å². The van der Waals surface area contributed by atoms with Gasteiger partial charge in [0.05, 0.1) is 11.0 Å². The van der Waals surface area contributed by atoms with E-state index < -0.39 is 24.6 Å². The van der Waals surface area contributed by atoms with E-state index in [1.807, 2.05) is 41.7 Å². The van der Waals surface area contributed by atoms with Crippen molar-refractivity contribution in [2.75, 3.05) is 20.3 Å². The number of likely N-dealkylation sites (N-methyl/N-ethyl adjacent to an activating group) is 1. The largest absolute Gasteiger partial charge is 0.508 e. The summed E-state index contributed by atoms with van der Waals surface area (Å²) in [5, 5.41) is 25.8. The highest BCUT2D eigenvalue weighted by molar-refractivity contribution is 7.09. The van der Waals surface area contributed by atoms with Crippen LogP contribution in [0.5, 0.6) is 5.75 Å². The molecule has 1 aliphatic heterocycles. The first kappa shape index (κ1) is 42.0. The van der Waals surface area contributed by atoms with E-state index in [4.69, 9.17) is 5.84 Å². The summed E-state index contributed by atoms with van der Waals surface area (Å²) in [4.78, 5) is 61.7. The average molecular weight is 729 g/mol. The first-order chi connectivity index (χ1) is 24.2. The Bertz CT molecular complexity index is 1430. The first-order valence-corrected chi connectivity index (χ1v) is 19.3. The number of likely N-dealkylation sites (tertiary alicyclic amines) is 1. The van der Waals surface area contributed by atoms with Gasteiger partial charge in [0.1, 0.15) is 18.2 Å². The van der Waals surface area contributed by atoms with Gasteiger partial charge in [-0.1, -0.05) is 66.5 Å². The maximum atomic E-state index is 14.2. The molecule has 0 bridgehead atoms. The molecule has 1 aromatic heterocycles. The van der Waals surface area contributed by atoms with Crippen LogP contribution in [-0.4, -0.2) is 87.0 Å². The summed E-state index contributed by atoms with van der Waals surface area (Å²) < 4.78 is 0. The van der Waals surface area contributed by atoms with E-state index in [9.17, 15) is 29.4 Å². The summed E-state index contributed by atoms with van der Waals surface area (Å²) in [6.07, 6.45) is 5.07. The van der Waals surface area contributed by atoms with Gasteiger partial charge >= 0.3 is 0 Å². The minimum Gasteiger partial charge on any atom is -0.508 e. The number of hydrogen-bond acceptors (Lipinski definition) is 10. The number of aromatic nitrogens is 1. The molecule has 2 heterocycles. The molecule has 1 fully saturated rings. The van der Waals surface area contributed by atoms with Crippen LogP contribution in [0.2, 0.25) is 0 Å². The third-order valence-corrected chi connectivity index (χ3v) is 11.6. The minimum atomic E-state index is -0.523. The molecule has 1 saturated heterocycles. The molecule has 0 spiro atoms. The molecule has 284 valence electrons. The zero-order valence-electron chi connectivity index (χ0n) is 31.4. The van der Waals surface area contributed by atoms with Crippen molar-refractivity contribution in [3.63, 3.8) is 0 Å². The topological polar surface area (TPSA) is 178 Å². The zero-order valence-corrected chi connectivity index (χ0v) is 32.2. The van der Waals surface area contributed by atoms with Gasteiger partial charge in [0.15, 0.2) is 5.78 Å². The van der Waals surface area contributed by atoms with E-state index in [1.54, 1.807) is 41.5 Å². The SMILES string of the molecule is CCC(C)[C@H](CC(=O)[C@H]1CCCCN1C)C(=O)N(CO)[C@H](C[C@@H](C)c1nc(C(=O)N[C@@H](Cc2ccc(O)cc2)C[C@H](C)C(=O)NN)cs1)C(C)C. The maximum absolute atomic E-state index is 14.2. The fourth-order valence-corrected chi connectivity index (χ4v) is 7.96. The molecular weight excluding hydrogens is 669 g/mol. The number of carbonyl (C=O) groups is 4. The van der Waals surface area contributed by atoms with E-state index in [-0.39, 0.29) is 71.2 Å². The smallest absolute Gasteiger partial charge is 0.270 e. The molecular formula is C38H60N6O6S. The van der Waals surface area contributed by atoms with Crippen molar-refractivity contribution < 1.29 is 29.4 Å². The van der Waals surface area contributed by atoms with Gasteiger partial charge in [-0.05, 0) is 75.2 Å². The minimum absolute atomic E-state index is 0.0115. The van der Waals surface area contributed by atoms with Crippen molar-refractivity contribution in [2.45, 2.75) is 117 Å². The van der Waals surface area contributed by atoms with Crippen LogP contribution < -0.4 is 16.6 Å². The number of aromatic hydroxyl groups is 1. The second kappa shape index (κ2) is 20.0. The van der Waals surface area contributed by atoms with Crippen LogP contribution in [-0.2, 0) is 20.8 Å². The molecule has 51 heavy (non-hydrogen) atoms. The van der Waals surface area contributed by atoms with E-state index in [2.05, 4.69) is 20.6 Å². The summed E-state index contributed by atoms with van der Waals surface area (Å²) in [6, 6.07) is 5.81. The van der Waals surface area contributed by atoms with Crippen molar-refractivity contribution >= 4 is 34.8 Å². The molecule has 1 unspecified atom stereocenters. The number of hydrazine groups is 1. The number of phenols is 1. The van der Waals surface area contributed by atoms with Crippen LogP contribution in [0.1, 0.15) is 113 Å². The standard InChI is InChI=1S/C38H60N6O6S/c1-8-24(4)30(20-34(47)32-11-9-10-16-43(32)7)38(50)44(22-45)33(23(2)3)18-26(6)37-41-31(21-51-37)36(49)40-28(17-25(5)35(48)42-39)19-27-12-14-29(46)15-13-27/h12-15,21,23-26,28,30,32-33,45-46H,8-11,16-20,22,39H2,1-7H3,(H,40,49)(H,42,48)/t24?,25-,26+,28+,30-,32+,33+/m0/s1. The van der Waals surface area contributed by atoms with Crippen molar-refractivity contribution in [1.29, 1.82) is 0 Å². The molecule has 7 atom stereocenters. The molecule has 0 aliphatic carbocycles. The number of rotatable bonds is 19. The number of benzene rings is 1. The fourth-order valence-electron chi connectivity index (χ4n) is 7.09. The van der Waals surface area contributed by atoms with E-state index in [0.29, 0.717) is 19.3 Å². The normalized spacial score (nSPS) is 18.7. The summed E-state index contributed by atoms with van der Waals surface area (Å²) in [7, 11) is 1.98. The lowest BCUT2D eigenvalue weighted by molar-refractivity contribution is -0.148. The third-order valence-electron chi connectivity index (χ3n) is 10.6. The van der Waals surface area contributed by atoms with Gasteiger partial charge in [0, 0.05) is 41.6 Å². The van der Waals surface area contributed by atoms with Crippen LogP contribution in [0.15, 0.2) is 29.6 Å². The number of phenolic OH excluding ortho intramolecular Hbond substituents is 1. The Morgan fingerprint density at radius 3 is 2.35 bits per heavy atom. The summed E-state index contributed by atoms with van der Waals surface area (Å²) >= 11 is 1.37. The number of aliphatic hydroxyl groups is 1. The number of piperidine rings is 1. The summed E-state index contributed by atoms with van der Waals surface area (Å²) in [6.45, 7) is 12.2. The number of nitrogens with two attached hydrogens (primary N) is 1. The molecule has 1 aliphatic rings. The monoisotopic (exact) mass is 728 g/mol. The Hall–Kier alpha value is -3.39. The number of thiazole rings is 1. The van der Waals surface area contributed by atoms with Crippen LogP contribution in [0.3, 0.4) is 0 Å². The molecule has 3 rings (SSSR count). The number of aliphatic hydroxyl groups excluding tert-OH is 1. The molecule has 12 nitrogen and oxygen atoms in total. The summed E-state index contributed by atoms with van der Waals surface area (Å²) in [5.41, 5.74) is 3.31. The molecule has 3 amide bonds. The van der Waals surface area contributed by atoms with Gasteiger partial charge < -0.3 is 20.4 Å². The number of hydrogen-bond donors (Lipinski definition) is 5. The number of nitrogens with one attached hydrogen (secondary N) is 2. The lowest BCUT2D eigenvalue weighted by atomic mass is 9.82. The number of carbonyl (C=O) groups excluding carboxylic acids is 4. The second-order valence-electron chi connectivity index (χ2n) is 14.8. The predicted octanol–water partition coefficient (Wildman–Crippen LogP) is 4.61. The lowest BCUT2D eigenvalue weighted by Crippen LogP contribution is -2.50. The van der Waals surface area contributed by atoms with Gasteiger partial charge in [-0.2, -0.15) is 0 Å². The molecule has 0 saturated carbocycles. The van der Waals surface area contributed by atoms with Crippen molar-refractivity contribution in [1.82, 2.24) is 25.5 Å². The van der Waals surface area contributed by atoms with Crippen LogP contribution in [0, 0.1) is 23.7 Å². The van der Waals surface area contributed by atoms with E-state index >= 15 is 0 Å². The molecule has 13 heteroatoms. The lowest BCUT2D eigenvalue weighted by Gasteiger charge is -2.38. The molecule has 6 N–H and O–H groups in total. The molecule has 1 aromatic carbocycles. The number of amides is 3. The number of ketones is 1.